The molecule has 0 saturated heterocycles. The summed E-state index contributed by atoms with van der Waals surface area (Å²) in [6, 6.07) is 13.6. The Morgan fingerprint density at radius 2 is 1.96 bits per heavy atom. The Kier molecular flexibility index (Phi) is 4.81. The number of nitrogens with one attached hydrogen (secondary N) is 1. The molecule has 1 saturated carbocycles. The van der Waals surface area contributed by atoms with Gasteiger partial charge in [-0.25, -0.2) is 0 Å². The molecule has 0 aliphatic heterocycles. The highest BCUT2D eigenvalue weighted by atomic mass is 79.9. The summed E-state index contributed by atoms with van der Waals surface area (Å²) < 4.78 is 11.6. The number of rotatable bonds is 6. The van der Waals surface area contributed by atoms with Crippen LogP contribution in [0.3, 0.4) is 0 Å². The number of hydrogen-bond acceptors (Lipinski definition) is 3. The van der Waals surface area contributed by atoms with Crippen molar-refractivity contribution in [3.63, 3.8) is 0 Å². The molecule has 5 heteroatoms. The molecule has 1 aliphatic carbocycles. The van der Waals surface area contributed by atoms with Gasteiger partial charge in [0.2, 0.25) is 5.91 Å². The fourth-order valence-electron chi connectivity index (χ4n) is 2.90. The van der Waals surface area contributed by atoms with E-state index in [1.807, 2.05) is 42.5 Å². The first kappa shape index (κ1) is 16.8. The van der Waals surface area contributed by atoms with Crippen molar-refractivity contribution in [1.29, 1.82) is 0 Å². The fraction of sp³-hybridized carbons (Fsp3) is 0.316. The minimum absolute atomic E-state index is 0.0680. The molecule has 0 unspecified atom stereocenters. The smallest absolute Gasteiger partial charge is 0.230 e. The maximum Gasteiger partial charge on any atom is 0.230 e. The van der Waals surface area contributed by atoms with E-state index < -0.39 is 0 Å². The molecule has 126 valence electrons. The SMILES string of the molecule is COc1ccc(CNC(=O)C2(c3cccc(Br)c3)CC2)c(OC)c1. The van der Waals surface area contributed by atoms with E-state index in [1.165, 1.54) is 0 Å². The van der Waals surface area contributed by atoms with Gasteiger partial charge in [0.1, 0.15) is 11.5 Å². The van der Waals surface area contributed by atoms with Gasteiger partial charge in [-0.2, -0.15) is 0 Å². The molecule has 24 heavy (non-hydrogen) atoms. The molecule has 0 atom stereocenters. The van der Waals surface area contributed by atoms with Crippen LogP contribution in [-0.4, -0.2) is 20.1 Å². The highest BCUT2D eigenvalue weighted by molar-refractivity contribution is 9.10. The van der Waals surface area contributed by atoms with Crippen molar-refractivity contribution in [3.05, 3.63) is 58.1 Å². The molecule has 0 bridgehead atoms. The quantitative estimate of drug-likeness (QED) is 0.816. The van der Waals surface area contributed by atoms with Crippen molar-refractivity contribution >= 4 is 21.8 Å². The van der Waals surface area contributed by atoms with Crippen molar-refractivity contribution in [1.82, 2.24) is 5.32 Å². The van der Waals surface area contributed by atoms with Gasteiger partial charge in [0.25, 0.3) is 0 Å². The lowest BCUT2D eigenvalue weighted by Gasteiger charge is -2.17. The molecular weight excluding hydrogens is 370 g/mol. The van der Waals surface area contributed by atoms with E-state index in [1.54, 1.807) is 14.2 Å². The molecule has 2 aromatic rings. The van der Waals surface area contributed by atoms with Crippen LogP contribution in [0, 0.1) is 0 Å². The lowest BCUT2D eigenvalue weighted by Crippen LogP contribution is -2.34. The minimum atomic E-state index is -0.385. The Balaban J connectivity index is 1.72. The predicted molar refractivity (Wildman–Crippen MR) is 96.4 cm³/mol. The Bertz CT molecular complexity index is 756. The molecule has 1 fully saturated rings. The Morgan fingerprint density at radius 3 is 2.58 bits per heavy atom. The highest BCUT2D eigenvalue weighted by Gasteiger charge is 2.51. The summed E-state index contributed by atoms with van der Waals surface area (Å²) in [5.74, 6) is 1.51. The number of ether oxygens (including phenoxy) is 2. The summed E-state index contributed by atoms with van der Waals surface area (Å²) in [6.07, 6.45) is 1.77. The van der Waals surface area contributed by atoms with Gasteiger partial charge in [-0.3, -0.25) is 4.79 Å². The van der Waals surface area contributed by atoms with E-state index in [0.29, 0.717) is 12.3 Å². The van der Waals surface area contributed by atoms with Crippen molar-refractivity contribution in [2.24, 2.45) is 0 Å². The van der Waals surface area contributed by atoms with E-state index in [9.17, 15) is 4.79 Å². The van der Waals surface area contributed by atoms with Crippen LogP contribution in [0.5, 0.6) is 11.5 Å². The number of halogens is 1. The van der Waals surface area contributed by atoms with Gasteiger partial charge in [0.05, 0.1) is 19.6 Å². The van der Waals surface area contributed by atoms with Crippen molar-refractivity contribution in [2.75, 3.05) is 14.2 Å². The highest BCUT2D eigenvalue weighted by Crippen LogP contribution is 2.49. The van der Waals surface area contributed by atoms with Crippen LogP contribution >= 0.6 is 15.9 Å². The number of carbonyl (C=O) groups excluding carboxylic acids is 1. The first-order chi connectivity index (χ1) is 11.6. The topological polar surface area (TPSA) is 47.6 Å². The molecule has 0 aromatic heterocycles. The van der Waals surface area contributed by atoms with E-state index >= 15 is 0 Å². The van der Waals surface area contributed by atoms with Crippen LogP contribution < -0.4 is 14.8 Å². The molecule has 3 rings (SSSR count). The monoisotopic (exact) mass is 389 g/mol. The average Bonchev–Trinajstić information content (AvgIpc) is 3.41. The van der Waals surface area contributed by atoms with Gasteiger partial charge < -0.3 is 14.8 Å². The molecule has 1 amide bonds. The zero-order chi connectivity index (χ0) is 17.2. The van der Waals surface area contributed by atoms with Crippen LogP contribution in [0.15, 0.2) is 46.9 Å². The summed E-state index contributed by atoms with van der Waals surface area (Å²) in [4.78, 5) is 12.7. The van der Waals surface area contributed by atoms with Gasteiger partial charge in [0.15, 0.2) is 0 Å². The third kappa shape index (κ3) is 3.26. The second kappa shape index (κ2) is 6.85. The zero-order valence-corrected chi connectivity index (χ0v) is 15.4. The van der Waals surface area contributed by atoms with Gasteiger partial charge in [-0.15, -0.1) is 0 Å². The summed E-state index contributed by atoms with van der Waals surface area (Å²) >= 11 is 3.48. The Morgan fingerprint density at radius 1 is 1.17 bits per heavy atom. The lowest BCUT2D eigenvalue weighted by molar-refractivity contribution is -0.123. The third-order valence-corrected chi connectivity index (χ3v) is 4.99. The number of benzene rings is 2. The number of amides is 1. The molecule has 1 N–H and O–H groups in total. The van der Waals surface area contributed by atoms with E-state index in [2.05, 4.69) is 21.2 Å². The van der Waals surface area contributed by atoms with E-state index in [0.717, 1.165) is 34.2 Å². The van der Waals surface area contributed by atoms with Gasteiger partial charge in [-0.1, -0.05) is 28.1 Å². The van der Waals surface area contributed by atoms with Crippen LogP contribution in [0.25, 0.3) is 0 Å². The second-order valence-electron chi connectivity index (χ2n) is 5.95. The molecular formula is C19H20BrNO3. The first-order valence-electron chi connectivity index (χ1n) is 7.84. The molecule has 4 nitrogen and oxygen atoms in total. The van der Waals surface area contributed by atoms with Crippen LogP contribution in [0.2, 0.25) is 0 Å². The lowest BCUT2D eigenvalue weighted by atomic mass is 9.95. The van der Waals surface area contributed by atoms with Gasteiger partial charge in [0, 0.05) is 22.6 Å². The van der Waals surface area contributed by atoms with E-state index in [-0.39, 0.29) is 11.3 Å². The maximum absolute atomic E-state index is 12.7. The Labute approximate surface area is 150 Å². The summed E-state index contributed by atoms with van der Waals surface area (Å²) in [5, 5.41) is 3.06. The summed E-state index contributed by atoms with van der Waals surface area (Å²) in [6.45, 7) is 0.432. The fourth-order valence-corrected chi connectivity index (χ4v) is 3.30. The average molecular weight is 390 g/mol. The predicted octanol–water partition coefficient (Wildman–Crippen LogP) is 3.81. The van der Waals surface area contributed by atoms with Gasteiger partial charge >= 0.3 is 0 Å². The number of methoxy groups -OCH3 is 2. The van der Waals surface area contributed by atoms with Crippen LogP contribution in [0.4, 0.5) is 0 Å². The van der Waals surface area contributed by atoms with E-state index in [4.69, 9.17) is 9.47 Å². The van der Waals surface area contributed by atoms with Gasteiger partial charge in [-0.05, 0) is 42.7 Å². The summed E-state index contributed by atoms with van der Waals surface area (Å²) in [5.41, 5.74) is 1.61. The van der Waals surface area contributed by atoms with Crippen molar-refractivity contribution in [2.45, 2.75) is 24.8 Å². The standard InChI is InChI=1S/C19H20BrNO3/c1-23-16-7-6-13(17(11-16)24-2)12-21-18(22)19(8-9-19)14-4-3-5-15(20)10-14/h3-7,10-11H,8-9,12H2,1-2H3,(H,21,22). The van der Waals surface area contributed by atoms with Crippen LogP contribution in [-0.2, 0) is 16.8 Å². The van der Waals surface area contributed by atoms with Crippen molar-refractivity contribution < 1.29 is 14.3 Å². The number of hydrogen-bond donors (Lipinski definition) is 1. The zero-order valence-electron chi connectivity index (χ0n) is 13.8. The minimum Gasteiger partial charge on any atom is -0.497 e. The van der Waals surface area contributed by atoms with Crippen molar-refractivity contribution in [3.8, 4) is 11.5 Å². The molecule has 0 spiro atoms. The largest absolute Gasteiger partial charge is 0.497 e. The molecule has 0 heterocycles. The normalized spacial score (nSPS) is 14.8. The molecule has 2 aromatic carbocycles. The second-order valence-corrected chi connectivity index (χ2v) is 6.87. The number of carbonyl (C=O) groups is 1. The third-order valence-electron chi connectivity index (χ3n) is 4.50. The Hall–Kier alpha value is -2.01. The molecule has 0 radical (unpaired) electrons. The first-order valence-corrected chi connectivity index (χ1v) is 8.63. The maximum atomic E-state index is 12.7. The summed E-state index contributed by atoms with van der Waals surface area (Å²) in [7, 11) is 3.23. The van der Waals surface area contributed by atoms with Crippen LogP contribution in [0.1, 0.15) is 24.0 Å². The molecule has 1 aliphatic rings.